The van der Waals surface area contributed by atoms with Crippen LogP contribution in [0.5, 0.6) is 5.75 Å². The lowest BCUT2D eigenvalue weighted by molar-refractivity contribution is -0.121. The number of hydrogen-bond acceptors (Lipinski definition) is 9. The summed E-state index contributed by atoms with van der Waals surface area (Å²) in [6.07, 6.45) is -1.30. The molecule has 0 atom stereocenters. The van der Waals surface area contributed by atoms with E-state index in [1.165, 1.54) is 36.4 Å². The SMILES string of the molecule is CC(C)(C)OC(=O)NC(=Nc1ccc(C(=O)Oc2ccc(CCC(=O)NCc3ccccc3C(=O)O)c(Cl)c2)cc1)NC(=O)OC(C)(C)C. The van der Waals surface area contributed by atoms with Crippen molar-refractivity contribution in [2.24, 2.45) is 4.99 Å². The van der Waals surface area contributed by atoms with Gasteiger partial charge in [-0.1, -0.05) is 35.9 Å². The number of aromatic carboxylic acids is 1. The molecule has 0 aliphatic carbocycles. The van der Waals surface area contributed by atoms with Crippen LogP contribution in [0.4, 0.5) is 15.3 Å². The highest BCUT2D eigenvalue weighted by Crippen LogP contribution is 2.25. The fraction of sp³-hybridized carbons (Fsp3) is 0.314. The molecule has 14 heteroatoms. The lowest BCUT2D eigenvalue weighted by Gasteiger charge is -2.22. The predicted octanol–water partition coefficient (Wildman–Crippen LogP) is 6.54. The van der Waals surface area contributed by atoms with E-state index in [1.807, 2.05) is 0 Å². The van der Waals surface area contributed by atoms with Crippen LogP contribution in [0.15, 0.2) is 71.7 Å². The maximum atomic E-state index is 12.8. The first-order chi connectivity index (χ1) is 22.9. The van der Waals surface area contributed by atoms with Gasteiger partial charge in [0.2, 0.25) is 11.9 Å². The van der Waals surface area contributed by atoms with E-state index in [1.54, 1.807) is 71.9 Å². The standard InChI is InChI=1S/C35H39ClN4O9/c1-34(2,3)48-32(45)39-31(40-33(46)49-35(4,5)6)38-24-15-11-22(12-16-24)30(44)47-25-17-13-21(27(36)19-25)14-18-28(41)37-20-23-9-7-8-10-26(23)29(42)43/h7-13,15-17,19H,14,18,20H2,1-6H3,(H,37,41)(H,42,43)(H2,38,39,40,45,46). The Hall–Kier alpha value is -5.43. The average Bonchev–Trinajstić information content (AvgIpc) is 2.98. The van der Waals surface area contributed by atoms with Gasteiger partial charge in [0.25, 0.3) is 0 Å². The van der Waals surface area contributed by atoms with E-state index >= 15 is 0 Å². The minimum atomic E-state index is -1.07. The van der Waals surface area contributed by atoms with Crippen LogP contribution in [0.2, 0.25) is 5.02 Å². The van der Waals surface area contributed by atoms with Crippen LogP contribution in [0.25, 0.3) is 0 Å². The van der Waals surface area contributed by atoms with Gasteiger partial charge >= 0.3 is 24.1 Å². The summed E-state index contributed by atoms with van der Waals surface area (Å²) < 4.78 is 16.0. The van der Waals surface area contributed by atoms with Crippen molar-refractivity contribution in [3.8, 4) is 5.75 Å². The molecule has 49 heavy (non-hydrogen) atoms. The molecule has 0 aliphatic rings. The Labute approximate surface area is 289 Å². The van der Waals surface area contributed by atoms with Gasteiger partial charge < -0.3 is 24.6 Å². The molecule has 0 radical (unpaired) electrons. The third-order valence-corrected chi connectivity index (χ3v) is 6.51. The van der Waals surface area contributed by atoms with Crippen molar-refractivity contribution in [1.29, 1.82) is 0 Å². The Morgan fingerprint density at radius 3 is 1.94 bits per heavy atom. The van der Waals surface area contributed by atoms with E-state index in [2.05, 4.69) is 20.9 Å². The molecule has 3 aromatic carbocycles. The number of nitrogens with zero attached hydrogens (tertiary/aromatic N) is 1. The van der Waals surface area contributed by atoms with E-state index < -0.39 is 35.3 Å². The smallest absolute Gasteiger partial charge is 0.414 e. The summed E-state index contributed by atoms with van der Waals surface area (Å²) in [7, 11) is 0. The van der Waals surface area contributed by atoms with Crippen LogP contribution in [-0.4, -0.2) is 52.3 Å². The van der Waals surface area contributed by atoms with E-state index in [0.717, 1.165) is 0 Å². The highest BCUT2D eigenvalue weighted by Gasteiger charge is 2.22. The topological polar surface area (TPSA) is 182 Å². The number of benzene rings is 3. The van der Waals surface area contributed by atoms with Crippen molar-refractivity contribution in [3.63, 3.8) is 0 Å². The molecule has 3 rings (SSSR count). The second kappa shape index (κ2) is 16.6. The average molecular weight is 695 g/mol. The highest BCUT2D eigenvalue weighted by atomic mass is 35.5. The first kappa shape index (κ1) is 38.0. The number of guanidine groups is 1. The van der Waals surface area contributed by atoms with Gasteiger partial charge in [0.05, 0.1) is 16.8 Å². The summed E-state index contributed by atoms with van der Waals surface area (Å²) in [5.41, 5.74) is 0.122. The minimum absolute atomic E-state index is 0.0738. The van der Waals surface area contributed by atoms with Crippen LogP contribution in [0.1, 0.15) is 79.8 Å². The number of esters is 1. The Morgan fingerprint density at radius 1 is 0.796 bits per heavy atom. The first-order valence-corrected chi connectivity index (χ1v) is 15.5. The van der Waals surface area contributed by atoms with Gasteiger partial charge in [-0.15, -0.1) is 0 Å². The molecule has 4 N–H and O–H groups in total. The fourth-order valence-corrected chi connectivity index (χ4v) is 4.33. The summed E-state index contributed by atoms with van der Waals surface area (Å²) in [4.78, 5) is 65.5. The van der Waals surface area contributed by atoms with Gasteiger partial charge in [0, 0.05) is 18.0 Å². The number of ether oxygens (including phenoxy) is 3. The Bertz CT molecular complexity index is 1690. The third-order valence-electron chi connectivity index (χ3n) is 6.16. The number of nitrogens with one attached hydrogen (secondary N) is 3. The van der Waals surface area contributed by atoms with Crippen molar-refractivity contribution in [1.82, 2.24) is 16.0 Å². The molecule has 260 valence electrons. The molecular weight excluding hydrogens is 656 g/mol. The Kier molecular flexibility index (Phi) is 12.9. The molecule has 0 heterocycles. The number of rotatable bonds is 9. The number of carbonyl (C=O) groups excluding carboxylic acids is 4. The molecule has 0 unspecified atom stereocenters. The van der Waals surface area contributed by atoms with Crippen molar-refractivity contribution >= 4 is 53.3 Å². The second-order valence-corrected chi connectivity index (χ2v) is 13.1. The van der Waals surface area contributed by atoms with Gasteiger partial charge in [0.15, 0.2) is 0 Å². The predicted molar refractivity (Wildman–Crippen MR) is 182 cm³/mol. The van der Waals surface area contributed by atoms with E-state index in [9.17, 15) is 29.1 Å². The molecule has 0 fully saturated rings. The van der Waals surface area contributed by atoms with E-state index in [-0.39, 0.29) is 47.4 Å². The van der Waals surface area contributed by atoms with Crippen molar-refractivity contribution in [2.75, 3.05) is 0 Å². The van der Waals surface area contributed by atoms with E-state index in [4.69, 9.17) is 25.8 Å². The summed E-state index contributed by atoms with van der Waals surface area (Å²) in [6, 6.07) is 16.9. The summed E-state index contributed by atoms with van der Waals surface area (Å²) >= 11 is 6.40. The largest absolute Gasteiger partial charge is 0.478 e. The number of aryl methyl sites for hydroxylation is 1. The van der Waals surface area contributed by atoms with Crippen LogP contribution in [0.3, 0.4) is 0 Å². The summed E-state index contributed by atoms with van der Waals surface area (Å²) in [6.45, 7) is 10.2. The van der Waals surface area contributed by atoms with Crippen LogP contribution < -0.4 is 20.7 Å². The van der Waals surface area contributed by atoms with Crippen molar-refractivity contribution in [3.05, 3.63) is 94.0 Å². The zero-order valence-corrected chi connectivity index (χ0v) is 28.8. The number of hydrogen-bond donors (Lipinski definition) is 4. The minimum Gasteiger partial charge on any atom is -0.478 e. The second-order valence-electron chi connectivity index (χ2n) is 12.6. The van der Waals surface area contributed by atoms with Gasteiger partial charge in [-0.05, 0) is 102 Å². The lowest BCUT2D eigenvalue weighted by atomic mass is 10.1. The van der Waals surface area contributed by atoms with Gasteiger partial charge in [-0.25, -0.2) is 24.2 Å². The first-order valence-electron chi connectivity index (χ1n) is 15.2. The van der Waals surface area contributed by atoms with Gasteiger partial charge in [0.1, 0.15) is 17.0 Å². The van der Waals surface area contributed by atoms with Gasteiger partial charge in [-0.3, -0.25) is 15.4 Å². The molecule has 3 aromatic rings. The Morgan fingerprint density at radius 2 is 1.39 bits per heavy atom. The molecule has 0 saturated carbocycles. The molecule has 0 saturated heterocycles. The van der Waals surface area contributed by atoms with E-state index in [0.29, 0.717) is 22.6 Å². The number of halogens is 1. The van der Waals surface area contributed by atoms with Crippen LogP contribution >= 0.6 is 11.6 Å². The fourth-order valence-electron chi connectivity index (χ4n) is 4.06. The van der Waals surface area contributed by atoms with Crippen molar-refractivity contribution in [2.45, 2.75) is 72.1 Å². The molecule has 0 spiro atoms. The van der Waals surface area contributed by atoms with Crippen molar-refractivity contribution < 1.29 is 43.3 Å². The number of carboxylic acids is 1. The maximum Gasteiger partial charge on any atom is 0.414 e. The zero-order valence-electron chi connectivity index (χ0n) is 28.0. The molecular formula is C35H39ClN4O9. The zero-order chi connectivity index (χ0) is 36.4. The molecule has 0 aliphatic heterocycles. The van der Waals surface area contributed by atoms with Crippen LogP contribution in [0, 0.1) is 0 Å². The van der Waals surface area contributed by atoms with Crippen LogP contribution in [-0.2, 0) is 27.2 Å². The molecule has 0 aromatic heterocycles. The number of aliphatic imine (C=N–C) groups is 1. The number of amides is 3. The third kappa shape index (κ3) is 13.3. The summed E-state index contributed by atoms with van der Waals surface area (Å²) in [5, 5.41) is 17.1. The molecule has 0 bridgehead atoms. The lowest BCUT2D eigenvalue weighted by Crippen LogP contribution is -2.47. The number of carbonyl (C=O) groups is 5. The number of carboxylic acid groups (broad SMARTS) is 1. The molecule has 3 amide bonds. The number of alkyl carbamates (subject to hydrolysis) is 2. The monoisotopic (exact) mass is 694 g/mol. The quantitative estimate of drug-likeness (QED) is 0.0836. The Balaban J connectivity index is 1.61. The normalized spacial score (nSPS) is 11.1. The van der Waals surface area contributed by atoms with Gasteiger partial charge in [-0.2, -0.15) is 0 Å². The maximum absolute atomic E-state index is 12.8. The molecule has 13 nitrogen and oxygen atoms in total. The summed E-state index contributed by atoms with van der Waals surface area (Å²) in [5.74, 6) is -2.11. The highest BCUT2D eigenvalue weighted by molar-refractivity contribution is 6.31.